The van der Waals surface area contributed by atoms with E-state index in [0.717, 1.165) is 56.5 Å². The fourth-order valence-corrected chi connectivity index (χ4v) is 7.39. The number of rotatable bonds is 2. The van der Waals surface area contributed by atoms with Gasteiger partial charge in [0, 0.05) is 43.0 Å². The lowest BCUT2D eigenvalue weighted by Gasteiger charge is -2.57. The van der Waals surface area contributed by atoms with Gasteiger partial charge in [0.2, 0.25) is 5.91 Å². The van der Waals surface area contributed by atoms with E-state index in [-0.39, 0.29) is 28.8 Å². The van der Waals surface area contributed by atoms with Crippen molar-refractivity contribution in [1.29, 1.82) is 0 Å². The number of urea groups is 1. The summed E-state index contributed by atoms with van der Waals surface area (Å²) in [5, 5.41) is 3.75. The van der Waals surface area contributed by atoms with Gasteiger partial charge < -0.3 is 15.1 Å². The molecule has 6 aliphatic rings. The summed E-state index contributed by atoms with van der Waals surface area (Å²) in [5.74, 6) is 2.89. The molecular formula is C22H34ClN3O2. The van der Waals surface area contributed by atoms with Crippen LogP contribution in [-0.2, 0) is 4.79 Å². The number of hydrogen-bond donors (Lipinski definition) is 1. The molecular weight excluding hydrogens is 374 g/mol. The predicted octanol–water partition coefficient (Wildman–Crippen LogP) is 3.61. The van der Waals surface area contributed by atoms with Crippen LogP contribution in [0.15, 0.2) is 0 Å². The smallest absolute Gasteiger partial charge is 0.319 e. The molecule has 0 spiro atoms. The van der Waals surface area contributed by atoms with Gasteiger partial charge in [0.25, 0.3) is 0 Å². The van der Waals surface area contributed by atoms with E-state index in [1.165, 1.54) is 38.5 Å². The molecule has 6 fully saturated rings. The molecule has 0 unspecified atom stereocenters. The van der Waals surface area contributed by atoms with Crippen molar-refractivity contribution in [3.8, 4) is 0 Å². The standard InChI is InChI=1S/C22H34ClN3O2/c23-19-3-7-26(8-4-19)21(28)25-5-1-18(2-6-25)20(27)24-22-12-15-9-16(13-22)11-17(10-15)14-22/h15-19H,1-14H2,(H,24,27). The van der Waals surface area contributed by atoms with Crippen molar-refractivity contribution in [3.05, 3.63) is 0 Å². The number of carbonyl (C=O) groups excluding carboxylic acids is 2. The Morgan fingerprint density at radius 3 is 1.75 bits per heavy atom. The van der Waals surface area contributed by atoms with Gasteiger partial charge in [-0.05, 0) is 82.0 Å². The minimum atomic E-state index is 0.0747. The van der Waals surface area contributed by atoms with Gasteiger partial charge in [0.05, 0.1) is 0 Å². The van der Waals surface area contributed by atoms with E-state index in [0.29, 0.717) is 13.1 Å². The number of hydrogen-bond acceptors (Lipinski definition) is 2. The first kappa shape index (κ1) is 19.0. The van der Waals surface area contributed by atoms with Crippen LogP contribution >= 0.6 is 11.6 Å². The maximum absolute atomic E-state index is 13.1. The summed E-state index contributed by atoms with van der Waals surface area (Å²) in [5.41, 5.74) is 0.102. The van der Waals surface area contributed by atoms with Crippen molar-refractivity contribution in [3.63, 3.8) is 0 Å². The van der Waals surface area contributed by atoms with Crippen LogP contribution in [0, 0.1) is 23.7 Å². The monoisotopic (exact) mass is 407 g/mol. The zero-order chi connectivity index (χ0) is 19.3. The molecule has 6 heteroatoms. The van der Waals surface area contributed by atoms with Gasteiger partial charge in [-0.2, -0.15) is 0 Å². The van der Waals surface area contributed by atoms with Gasteiger partial charge in [0.1, 0.15) is 0 Å². The summed E-state index contributed by atoms with van der Waals surface area (Å²) in [4.78, 5) is 29.7. The third kappa shape index (κ3) is 3.64. The third-order valence-electron chi connectivity index (χ3n) is 8.26. The molecule has 2 heterocycles. The lowest BCUT2D eigenvalue weighted by molar-refractivity contribution is -0.132. The molecule has 3 amide bonds. The topological polar surface area (TPSA) is 52.7 Å². The second kappa shape index (κ2) is 7.37. The number of halogens is 1. The average molecular weight is 408 g/mol. The molecule has 156 valence electrons. The van der Waals surface area contributed by atoms with Crippen molar-refractivity contribution in [2.45, 2.75) is 75.1 Å². The highest BCUT2D eigenvalue weighted by atomic mass is 35.5. The Labute approximate surface area is 173 Å². The second-order valence-electron chi connectivity index (χ2n) is 10.4. The SMILES string of the molecule is O=C(NC12CC3CC(CC(C3)C1)C2)C1CCN(C(=O)N2CCC(Cl)CC2)CC1. The van der Waals surface area contributed by atoms with E-state index in [1.54, 1.807) is 0 Å². The Balaban J connectivity index is 1.13. The van der Waals surface area contributed by atoms with Gasteiger partial charge in [-0.15, -0.1) is 11.6 Å². The molecule has 0 aromatic heterocycles. The summed E-state index contributed by atoms with van der Waals surface area (Å²) in [6.07, 6.45) is 11.2. The number of piperidine rings is 2. The van der Waals surface area contributed by atoms with Crippen molar-refractivity contribution >= 4 is 23.5 Å². The quantitative estimate of drug-likeness (QED) is 0.711. The minimum absolute atomic E-state index is 0.0747. The normalized spacial score (nSPS) is 38.7. The number of nitrogens with zero attached hydrogens (tertiary/aromatic N) is 2. The van der Waals surface area contributed by atoms with Crippen LogP contribution in [0.25, 0.3) is 0 Å². The Morgan fingerprint density at radius 2 is 1.25 bits per heavy atom. The molecule has 1 N–H and O–H groups in total. The highest BCUT2D eigenvalue weighted by Crippen LogP contribution is 2.55. The Bertz CT molecular complexity index is 588. The van der Waals surface area contributed by atoms with Crippen LogP contribution in [0.3, 0.4) is 0 Å². The van der Waals surface area contributed by atoms with Crippen LogP contribution in [0.2, 0.25) is 0 Å². The van der Waals surface area contributed by atoms with Crippen LogP contribution in [0.5, 0.6) is 0 Å². The van der Waals surface area contributed by atoms with Crippen LogP contribution in [-0.4, -0.2) is 58.8 Å². The molecule has 6 rings (SSSR count). The zero-order valence-electron chi connectivity index (χ0n) is 16.9. The molecule has 4 saturated carbocycles. The fourth-order valence-electron chi connectivity index (χ4n) is 7.20. The molecule has 0 atom stereocenters. The number of carbonyl (C=O) groups is 2. The molecule has 0 aromatic rings. The Kier molecular flexibility index (Phi) is 5.01. The van der Waals surface area contributed by atoms with E-state index < -0.39 is 0 Å². The van der Waals surface area contributed by atoms with E-state index in [9.17, 15) is 9.59 Å². The molecule has 4 bridgehead atoms. The van der Waals surface area contributed by atoms with E-state index in [1.807, 2.05) is 9.80 Å². The Morgan fingerprint density at radius 1 is 0.786 bits per heavy atom. The van der Waals surface area contributed by atoms with Gasteiger partial charge >= 0.3 is 6.03 Å². The van der Waals surface area contributed by atoms with Crippen LogP contribution in [0.4, 0.5) is 4.79 Å². The molecule has 5 nitrogen and oxygen atoms in total. The molecule has 0 aromatic carbocycles. The van der Waals surface area contributed by atoms with E-state index in [2.05, 4.69) is 5.32 Å². The number of alkyl halides is 1. The molecule has 0 radical (unpaired) electrons. The van der Waals surface area contributed by atoms with Crippen LogP contribution < -0.4 is 5.32 Å². The second-order valence-corrected chi connectivity index (χ2v) is 11.0. The highest BCUT2D eigenvalue weighted by Gasteiger charge is 2.52. The number of likely N-dealkylation sites (tertiary alicyclic amines) is 2. The highest BCUT2D eigenvalue weighted by molar-refractivity contribution is 6.20. The lowest BCUT2D eigenvalue weighted by Crippen LogP contribution is -2.61. The molecule has 2 aliphatic heterocycles. The molecule has 28 heavy (non-hydrogen) atoms. The van der Waals surface area contributed by atoms with E-state index >= 15 is 0 Å². The fraction of sp³-hybridized carbons (Fsp3) is 0.909. The van der Waals surface area contributed by atoms with Crippen molar-refractivity contribution < 1.29 is 9.59 Å². The maximum atomic E-state index is 13.1. The summed E-state index contributed by atoms with van der Waals surface area (Å²) < 4.78 is 0. The van der Waals surface area contributed by atoms with Crippen molar-refractivity contribution in [2.24, 2.45) is 23.7 Å². The zero-order valence-corrected chi connectivity index (χ0v) is 17.6. The van der Waals surface area contributed by atoms with Crippen molar-refractivity contribution in [2.75, 3.05) is 26.2 Å². The van der Waals surface area contributed by atoms with Gasteiger partial charge in [-0.1, -0.05) is 0 Å². The van der Waals surface area contributed by atoms with Gasteiger partial charge in [-0.25, -0.2) is 4.79 Å². The first-order valence-electron chi connectivity index (χ1n) is 11.5. The summed E-state index contributed by atoms with van der Waals surface area (Å²) >= 11 is 6.16. The van der Waals surface area contributed by atoms with E-state index in [4.69, 9.17) is 11.6 Å². The summed E-state index contributed by atoms with van der Waals surface area (Å²) in [6, 6.07) is 0.142. The van der Waals surface area contributed by atoms with Gasteiger partial charge in [-0.3, -0.25) is 4.79 Å². The first-order chi connectivity index (χ1) is 13.5. The van der Waals surface area contributed by atoms with Crippen LogP contribution in [0.1, 0.15) is 64.2 Å². The predicted molar refractivity (Wildman–Crippen MR) is 109 cm³/mol. The summed E-state index contributed by atoms with van der Waals surface area (Å²) in [7, 11) is 0. The number of amides is 3. The summed E-state index contributed by atoms with van der Waals surface area (Å²) in [6.45, 7) is 2.94. The largest absolute Gasteiger partial charge is 0.350 e. The first-order valence-corrected chi connectivity index (χ1v) is 11.9. The Hall–Kier alpha value is -0.970. The minimum Gasteiger partial charge on any atom is -0.350 e. The lowest BCUT2D eigenvalue weighted by atomic mass is 9.53. The number of nitrogens with one attached hydrogen (secondary N) is 1. The third-order valence-corrected chi connectivity index (χ3v) is 8.69. The average Bonchev–Trinajstić information content (AvgIpc) is 2.67. The van der Waals surface area contributed by atoms with Crippen molar-refractivity contribution in [1.82, 2.24) is 15.1 Å². The molecule has 2 saturated heterocycles. The molecule has 4 aliphatic carbocycles. The maximum Gasteiger partial charge on any atom is 0.319 e. The van der Waals surface area contributed by atoms with Gasteiger partial charge in [0.15, 0.2) is 0 Å².